The Morgan fingerprint density at radius 1 is 1.03 bits per heavy atom. The number of halogens is 4. The molecule has 1 spiro atoms. The average molecular weight is 520 g/mol. The van der Waals surface area contributed by atoms with E-state index in [1.54, 1.807) is 6.07 Å². The number of nitrogens with zero attached hydrogens (tertiary/aromatic N) is 3. The maximum absolute atomic E-state index is 13.4. The Hall–Kier alpha value is -2.58. The quantitative estimate of drug-likeness (QED) is 0.415. The lowest BCUT2D eigenvalue weighted by Crippen LogP contribution is -2.41. The van der Waals surface area contributed by atoms with Gasteiger partial charge in [-0.05, 0) is 81.3 Å². The van der Waals surface area contributed by atoms with Crippen LogP contribution in [0.1, 0.15) is 54.6 Å². The molecule has 3 aromatic rings. The summed E-state index contributed by atoms with van der Waals surface area (Å²) in [7, 11) is 0. The Kier molecular flexibility index (Phi) is 7.40. The fourth-order valence-electron chi connectivity index (χ4n) is 5.75. The van der Waals surface area contributed by atoms with E-state index < -0.39 is 11.7 Å². The Morgan fingerprint density at radius 2 is 1.78 bits per heavy atom. The number of hydrogen-bond donors (Lipinski definition) is 2. The van der Waals surface area contributed by atoms with E-state index in [-0.39, 0.29) is 24.0 Å². The van der Waals surface area contributed by atoms with Gasteiger partial charge in [-0.15, -0.1) is 17.5 Å². The third kappa shape index (κ3) is 4.98. The van der Waals surface area contributed by atoms with Gasteiger partial charge in [0.1, 0.15) is 0 Å². The van der Waals surface area contributed by atoms with E-state index in [0.717, 1.165) is 54.4 Å². The second-order valence-corrected chi connectivity index (χ2v) is 10.2. The number of aryl methyl sites for hydroxylation is 1. The highest BCUT2D eigenvalue weighted by molar-refractivity contribution is 5.95. The van der Waals surface area contributed by atoms with Crippen molar-refractivity contribution in [1.82, 2.24) is 15.5 Å². The van der Waals surface area contributed by atoms with Gasteiger partial charge in [0.2, 0.25) is 0 Å². The van der Waals surface area contributed by atoms with Crippen LogP contribution in [0.3, 0.4) is 0 Å². The third-order valence-electron chi connectivity index (χ3n) is 7.97. The van der Waals surface area contributed by atoms with Crippen LogP contribution >= 0.6 is 12.4 Å². The Bertz CT molecular complexity index is 1230. The second-order valence-electron chi connectivity index (χ2n) is 10.2. The van der Waals surface area contributed by atoms with Crippen LogP contribution in [0.15, 0.2) is 36.4 Å². The molecule has 0 bridgehead atoms. The molecule has 5 rings (SSSR count). The number of benzene rings is 2. The molecule has 194 valence electrons. The summed E-state index contributed by atoms with van der Waals surface area (Å²) in [5, 5.41) is 17.5. The molecule has 0 amide bonds. The Balaban J connectivity index is 0.00000304. The largest absolute Gasteiger partial charge is 0.416 e. The van der Waals surface area contributed by atoms with Crippen LogP contribution in [0.2, 0.25) is 0 Å². The number of nitrogens with one attached hydrogen (secondary N) is 2. The molecular weight excluding hydrogens is 487 g/mol. The molecule has 2 aliphatic heterocycles. The third-order valence-corrected chi connectivity index (χ3v) is 7.97. The Labute approximate surface area is 216 Å². The standard InChI is InChI=1S/C27H32F3N5.ClH/c1-17-21(5-4-6-24(17)27(28,29)30)18(2)32-25-23-15-20(7-8-22(23)19(3)33-34-25)35-13-10-26(11-14-35)9-12-31-16-26;/h4-8,15,18,31H,9-14,16H2,1-3H3,(H,32,34);1H/t18-;/m1./s1. The van der Waals surface area contributed by atoms with E-state index in [0.29, 0.717) is 16.8 Å². The molecule has 1 atom stereocenters. The minimum absolute atomic E-state index is 0. The van der Waals surface area contributed by atoms with E-state index in [1.165, 1.54) is 32.3 Å². The van der Waals surface area contributed by atoms with Crippen LogP contribution < -0.4 is 15.5 Å². The van der Waals surface area contributed by atoms with Gasteiger partial charge in [-0.1, -0.05) is 18.2 Å². The topological polar surface area (TPSA) is 53.1 Å². The minimum atomic E-state index is -4.38. The average Bonchev–Trinajstić information content (AvgIpc) is 3.28. The summed E-state index contributed by atoms with van der Waals surface area (Å²) in [5.41, 5.74) is 2.64. The first kappa shape index (κ1) is 26.5. The monoisotopic (exact) mass is 519 g/mol. The normalized spacial score (nSPS) is 18.3. The zero-order valence-corrected chi connectivity index (χ0v) is 21.7. The van der Waals surface area contributed by atoms with E-state index in [9.17, 15) is 13.2 Å². The minimum Gasteiger partial charge on any atom is -0.371 e. The summed E-state index contributed by atoms with van der Waals surface area (Å²) in [6.45, 7) is 9.59. The molecule has 1 aromatic heterocycles. The lowest BCUT2D eigenvalue weighted by atomic mass is 9.78. The molecule has 0 unspecified atom stereocenters. The predicted octanol–water partition coefficient (Wildman–Crippen LogP) is 6.44. The van der Waals surface area contributed by atoms with E-state index in [1.807, 2.05) is 13.8 Å². The molecular formula is C27H33ClF3N5. The first-order chi connectivity index (χ1) is 16.7. The first-order valence-electron chi connectivity index (χ1n) is 12.3. The van der Waals surface area contributed by atoms with Gasteiger partial charge < -0.3 is 15.5 Å². The van der Waals surface area contributed by atoms with E-state index in [4.69, 9.17) is 0 Å². The molecule has 9 heteroatoms. The molecule has 2 aromatic carbocycles. The molecule has 2 saturated heterocycles. The van der Waals surface area contributed by atoms with Crippen LogP contribution in [-0.4, -0.2) is 36.4 Å². The molecule has 36 heavy (non-hydrogen) atoms. The number of piperidine rings is 1. The molecule has 0 radical (unpaired) electrons. The number of alkyl halides is 3. The molecule has 0 saturated carbocycles. The lowest BCUT2D eigenvalue weighted by molar-refractivity contribution is -0.138. The summed E-state index contributed by atoms with van der Waals surface area (Å²) in [4.78, 5) is 2.43. The summed E-state index contributed by atoms with van der Waals surface area (Å²) in [6, 6.07) is 10.3. The van der Waals surface area contributed by atoms with Gasteiger partial charge in [-0.25, -0.2) is 0 Å². The second kappa shape index (κ2) is 10.1. The van der Waals surface area contributed by atoms with Gasteiger partial charge in [0.05, 0.1) is 17.3 Å². The SMILES string of the molecule is Cc1c([C@@H](C)Nc2nnc(C)c3ccc(N4CCC5(CCNC5)CC4)cc23)cccc1C(F)(F)F.Cl. The Morgan fingerprint density at radius 3 is 2.44 bits per heavy atom. The summed E-state index contributed by atoms with van der Waals surface area (Å²) < 4.78 is 40.3. The maximum atomic E-state index is 13.4. The zero-order chi connectivity index (χ0) is 24.8. The van der Waals surface area contributed by atoms with Crippen molar-refractivity contribution >= 4 is 34.7 Å². The van der Waals surface area contributed by atoms with Crippen molar-refractivity contribution < 1.29 is 13.2 Å². The van der Waals surface area contributed by atoms with Crippen LogP contribution in [-0.2, 0) is 6.18 Å². The van der Waals surface area contributed by atoms with Crippen LogP contribution in [0.4, 0.5) is 24.7 Å². The van der Waals surface area contributed by atoms with Crippen molar-refractivity contribution in [1.29, 1.82) is 0 Å². The fourth-order valence-corrected chi connectivity index (χ4v) is 5.75. The van der Waals surface area contributed by atoms with Crippen molar-refractivity contribution in [3.8, 4) is 0 Å². The van der Waals surface area contributed by atoms with Gasteiger partial charge in [0.25, 0.3) is 0 Å². The van der Waals surface area contributed by atoms with Gasteiger partial charge in [0.15, 0.2) is 5.82 Å². The lowest BCUT2D eigenvalue weighted by Gasteiger charge is -2.40. The summed E-state index contributed by atoms with van der Waals surface area (Å²) in [6.07, 6.45) is -0.758. The maximum Gasteiger partial charge on any atom is 0.416 e. The number of fused-ring (bicyclic) bond motifs is 1. The van der Waals surface area contributed by atoms with E-state index in [2.05, 4.69) is 43.9 Å². The van der Waals surface area contributed by atoms with Gasteiger partial charge in [0, 0.05) is 36.1 Å². The van der Waals surface area contributed by atoms with Crippen molar-refractivity contribution in [2.75, 3.05) is 36.4 Å². The highest BCUT2D eigenvalue weighted by Crippen LogP contribution is 2.40. The van der Waals surface area contributed by atoms with Gasteiger partial charge >= 0.3 is 6.18 Å². The van der Waals surface area contributed by atoms with Crippen molar-refractivity contribution in [3.05, 3.63) is 58.8 Å². The summed E-state index contributed by atoms with van der Waals surface area (Å²) >= 11 is 0. The molecule has 5 nitrogen and oxygen atoms in total. The van der Waals surface area contributed by atoms with Gasteiger partial charge in [-0.3, -0.25) is 0 Å². The predicted molar refractivity (Wildman–Crippen MR) is 141 cm³/mol. The van der Waals surface area contributed by atoms with Crippen molar-refractivity contribution in [2.45, 2.75) is 52.3 Å². The van der Waals surface area contributed by atoms with Crippen LogP contribution in [0, 0.1) is 19.3 Å². The first-order valence-corrected chi connectivity index (χ1v) is 12.3. The highest BCUT2D eigenvalue weighted by atomic mass is 35.5. The zero-order valence-electron chi connectivity index (χ0n) is 20.9. The number of aromatic nitrogens is 2. The number of anilines is 2. The number of hydrogen-bond acceptors (Lipinski definition) is 5. The van der Waals surface area contributed by atoms with Gasteiger partial charge in [-0.2, -0.15) is 18.3 Å². The molecule has 3 heterocycles. The van der Waals surface area contributed by atoms with Crippen molar-refractivity contribution in [3.63, 3.8) is 0 Å². The van der Waals surface area contributed by atoms with Crippen LogP contribution in [0.25, 0.3) is 10.8 Å². The van der Waals surface area contributed by atoms with Crippen LogP contribution in [0.5, 0.6) is 0 Å². The number of rotatable bonds is 4. The highest BCUT2D eigenvalue weighted by Gasteiger charge is 2.37. The fraction of sp³-hybridized carbons (Fsp3) is 0.481. The molecule has 2 N–H and O–H groups in total. The molecule has 0 aliphatic carbocycles. The smallest absolute Gasteiger partial charge is 0.371 e. The van der Waals surface area contributed by atoms with Crippen molar-refractivity contribution in [2.24, 2.45) is 5.41 Å². The van der Waals surface area contributed by atoms with E-state index >= 15 is 0 Å². The summed E-state index contributed by atoms with van der Waals surface area (Å²) in [5.74, 6) is 0.588. The molecule has 2 aliphatic rings. The molecule has 2 fully saturated rings.